The molecule has 0 unspecified atom stereocenters. The molecule has 1 fully saturated rings. The van der Waals surface area contributed by atoms with Crippen molar-refractivity contribution in [3.05, 3.63) is 48.0 Å². The molecule has 0 saturated carbocycles. The topological polar surface area (TPSA) is 26.7 Å². The lowest BCUT2D eigenvalue weighted by Gasteiger charge is -2.41. The molecular weight excluding hydrogens is 272 g/mol. The highest BCUT2D eigenvalue weighted by Crippen LogP contribution is 2.22. The van der Waals surface area contributed by atoms with Crippen molar-refractivity contribution in [3.8, 4) is 0 Å². The van der Waals surface area contributed by atoms with Gasteiger partial charge in [0.2, 0.25) is 0 Å². The van der Waals surface area contributed by atoms with E-state index in [0.29, 0.717) is 6.04 Å². The smallest absolute Gasteiger partial charge is 0.0446 e. The molecule has 0 bridgehead atoms. The van der Waals surface area contributed by atoms with Crippen molar-refractivity contribution in [2.24, 2.45) is 0 Å². The normalized spacial score (nSPS) is 20.5. The van der Waals surface area contributed by atoms with E-state index in [1.807, 2.05) is 0 Å². The van der Waals surface area contributed by atoms with E-state index >= 15 is 0 Å². The first-order valence-electron chi connectivity index (χ1n) is 8.35. The van der Waals surface area contributed by atoms with E-state index in [0.717, 1.165) is 39.1 Å². The van der Waals surface area contributed by atoms with Gasteiger partial charge in [-0.2, -0.15) is 0 Å². The molecule has 1 aliphatic rings. The van der Waals surface area contributed by atoms with Gasteiger partial charge in [-0.15, -0.1) is 0 Å². The lowest BCUT2D eigenvalue weighted by Crippen LogP contribution is -2.52. The summed E-state index contributed by atoms with van der Waals surface area (Å²) in [5.41, 5.74) is 1.39. The van der Waals surface area contributed by atoms with Gasteiger partial charge in [-0.05, 0) is 29.3 Å². The van der Waals surface area contributed by atoms with E-state index in [4.69, 9.17) is 0 Å². The van der Waals surface area contributed by atoms with Crippen molar-refractivity contribution in [1.29, 1.82) is 0 Å². The van der Waals surface area contributed by atoms with Crippen LogP contribution in [0.5, 0.6) is 0 Å². The van der Waals surface area contributed by atoms with Crippen molar-refractivity contribution in [3.63, 3.8) is 0 Å². The van der Waals surface area contributed by atoms with Gasteiger partial charge in [-0.1, -0.05) is 49.4 Å². The molecule has 0 aliphatic carbocycles. The molecule has 3 nitrogen and oxygen atoms in total. The van der Waals surface area contributed by atoms with Gasteiger partial charge >= 0.3 is 0 Å². The molecule has 0 aromatic heterocycles. The second-order valence-electron chi connectivity index (χ2n) is 6.17. The van der Waals surface area contributed by atoms with Crippen LogP contribution in [0.25, 0.3) is 10.8 Å². The molecule has 1 N–H and O–H groups in total. The molecular formula is C19H26N2O. The predicted octanol–water partition coefficient (Wildman–Crippen LogP) is 2.73. The van der Waals surface area contributed by atoms with Gasteiger partial charge in [0.15, 0.2) is 0 Å². The first-order valence-corrected chi connectivity index (χ1v) is 8.35. The average Bonchev–Trinajstić information content (AvgIpc) is 2.57. The van der Waals surface area contributed by atoms with Crippen LogP contribution in [-0.2, 0) is 6.54 Å². The van der Waals surface area contributed by atoms with Crippen LogP contribution < -0.4 is 0 Å². The first kappa shape index (κ1) is 15.5. The zero-order valence-electron chi connectivity index (χ0n) is 13.4. The number of benzene rings is 2. The van der Waals surface area contributed by atoms with Gasteiger partial charge in [-0.25, -0.2) is 0 Å². The predicted molar refractivity (Wildman–Crippen MR) is 92.0 cm³/mol. The summed E-state index contributed by atoms with van der Waals surface area (Å²) in [7, 11) is 0. The summed E-state index contributed by atoms with van der Waals surface area (Å²) in [5, 5.41) is 12.1. The van der Waals surface area contributed by atoms with Crippen molar-refractivity contribution in [2.75, 3.05) is 32.8 Å². The highest BCUT2D eigenvalue weighted by molar-refractivity contribution is 5.85. The molecule has 2 aromatic rings. The highest BCUT2D eigenvalue weighted by Gasteiger charge is 2.26. The van der Waals surface area contributed by atoms with Crippen LogP contribution in [0.4, 0.5) is 0 Å². The molecule has 1 aliphatic heterocycles. The number of aliphatic hydroxyl groups excluding tert-OH is 1. The molecule has 1 heterocycles. The van der Waals surface area contributed by atoms with Crippen LogP contribution in [0.1, 0.15) is 18.9 Å². The summed E-state index contributed by atoms with van der Waals surface area (Å²) in [6, 6.07) is 15.6. The lowest BCUT2D eigenvalue weighted by molar-refractivity contribution is 0.0568. The Labute approximate surface area is 133 Å². The minimum absolute atomic E-state index is 0.272. The number of rotatable bonds is 5. The van der Waals surface area contributed by atoms with Crippen molar-refractivity contribution >= 4 is 10.8 Å². The van der Waals surface area contributed by atoms with Crippen molar-refractivity contribution in [1.82, 2.24) is 9.80 Å². The van der Waals surface area contributed by atoms with Crippen LogP contribution >= 0.6 is 0 Å². The zero-order chi connectivity index (χ0) is 15.4. The van der Waals surface area contributed by atoms with Gasteiger partial charge in [0, 0.05) is 38.8 Å². The van der Waals surface area contributed by atoms with E-state index in [1.54, 1.807) is 0 Å². The van der Waals surface area contributed by atoms with E-state index in [9.17, 15) is 5.11 Å². The number of aliphatic hydroxyl groups is 1. The summed E-state index contributed by atoms with van der Waals surface area (Å²) in [6.45, 7) is 7.85. The monoisotopic (exact) mass is 298 g/mol. The number of likely N-dealkylation sites (N-methyl/N-ethyl adjacent to an activating group) is 1. The lowest BCUT2D eigenvalue weighted by atomic mass is 10.0. The molecule has 0 radical (unpaired) electrons. The Morgan fingerprint density at radius 1 is 1.09 bits per heavy atom. The van der Waals surface area contributed by atoms with Gasteiger partial charge in [-0.3, -0.25) is 4.90 Å². The maximum Gasteiger partial charge on any atom is 0.0446 e. The quantitative estimate of drug-likeness (QED) is 0.919. The molecule has 1 saturated heterocycles. The van der Waals surface area contributed by atoms with Crippen LogP contribution in [0.2, 0.25) is 0 Å². The summed E-state index contributed by atoms with van der Waals surface area (Å²) < 4.78 is 0. The van der Waals surface area contributed by atoms with Crippen LogP contribution in [0.3, 0.4) is 0 Å². The van der Waals surface area contributed by atoms with E-state index < -0.39 is 0 Å². The Bertz CT molecular complexity index is 608. The fourth-order valence-corrected chi connectivity index (χ4v) is 3.52. The van der Waals surface area contributed by atoms with E-state index in [-0.39, 0.29) is 6.61 Å². The van der Waals surface area contributed by atoms with Crippen LogP contribution in [-0.4, -0.2) is 53.7 Å². The Kier molecular flexibility index (Phi) is 5.08. The minimum atomic E-state index is 0.272. The van der Waals surface area contributed by atoms with Crippen molar-refractivity contribution < 1.29 is 5.11 Å². The Balaban J connectivity index is 1.80. The maximum atomic E-state index is 9.39. The molecule has 118 valence electrons. The fourth-order valence-electron chi connectivity index (χ4n) is 3.52. The molecule has 3 heteroatoms. The molecule has 1 atom stereocenters. The van der Waals surface area contributed by atoms with Crippen LogP contribution in [0, 0.1) is 0 Å². The Hall–Kier alpha value is -1.42. The first-order chi connectivity index (χ1) is 10.8. The molecule has 0 amide bonds. The number of piperazine rings is 1. The largest absolute Gasteiger partial charge is 0.396 e. The van der Waals surface area contributed by atoms with Gasteiger partial charge in [0.1, 0.15) is 0 Å². The number of hydrogen-bond acceptors (Lipinski definition) is 3. The third-order valence-corrected chi connectivity index (χ3v) is 4.85. The average molecular weight is 298 g/mol. The summed E-state index contributed by atoms with van der Waals surface area (Å²) >= 11 is 0. The fraction of sp³-hybridized carbons (Fsp3) is 0.474. The van der Waals surface area contributed by atoms with E-state index in [2.05, 4.69) is 59.2 Å². The van der Waals surface area contributed by atoms with Crippen LogP contribution in [0.15, 0.2) is 42.5 Å². The molecule has 2 aromatic carbocycles. The second kappa shape index (κ2) is 7.23. The number of fused-ring (bicyclic) bond motifs is 1. The Morgan fingerprint density at radius 3 is 2.73 bits per heavy atom. The number of hydrogen-bond donors (Lipinski definition) is 1. The Morgan fingerprint density at radius 2 is 1.91 bits per heavy atom. The van der Waals surface area contributed by atoms with Gasteiger partial charge in [0.25, 0.3) is 0 Å². The molecule has 0 spiro atoms. The summed E-state index contributed by atoms with van der Waals surface area (Å²) in [6.07, 6.45) is 0.862. The molecule has 22 heavy (non-hydrogen) atoms. The second-order valence-corrected chi connectivity index (χ2v) is 6.17. The highest BCUT2D eigenvalue weighted by atomic mass is 16.3. The summed E-state index contributed by atoms with van der Waals surface area (Å²) in [5.74, 6) is 0. The van der Waals surface area contributed by atoms with Crippen molar-refractivity contribution in [2.45, 2.75) is 25.9 Å². The van der Waals surface area contributed by atoms with Gasteiger partial charge in [0.05, 0.1) is 0 Å². The van der Waals surface area contributed by atoms with Gasteiger partial charge < -0.3 is 10.0 Å². The minimum Gasteiger partial charge on any atom is -0.396 e. The SMILES string of the molecule is CCN1CCN(Cc2cccc3ccccc23)[C@H](CCO)C1. The summed E-state index contributed by atoms with van der Waals surface area (Å²) in [4.78, 5) is 5.03. The zero-order valence-corrected chi connectivity index (χ0v) is 13.4. The third kappa shape index (κ3) is 3.32. The maximum absolute atomic E-state index is 9.39. The molecule has 3 rings (SSSR count). The number of nitrogens with zero attached hydrogens (tertiary/aromatic N) is 2. The van der Waals surface area contributed by atoms with E-state index in [1.165, 1.54) is 16.3 Å². The third-order valence-electron chi connectivity index (χ3n) is 4.85. The standard InChI is InChI=1S/C19H26N2O/c1-2-20-11-12-21(18(15-20)10-13-22)14-17-8-5-7-16-6-3-4-9-19(16)17/h3-9,18,22H,2,10-15H2,1H3/t18-/m1/s1.